The van der Waals surface area contributed by atoms with E-state index in [1.807, 2.05) is 32.9 Å². The lowest BCUT2D eigenvalue weighted by Crippen LogP contribution is -2.18. The fourth-order valence-corrected chi connectivity index (χ4v) is 1.85. The molecule has 88 valence electrons. The minimum Gasteiger partial charge on any atom is -0.379 e. The highest BCUT2D eigenvalue weighted by Crippen LogP contribution is 2.16. The van der Waals surface area contributed by atoms with Crippen LogP contribution in [0.3, 0.4) is 0 Å². The van der Waals surface area contributed by atoms with Crippen molar-refractivity contribution in [2.45, 2.75) is 20.8 Å². The van der Waals surface area contributed by atoms with E-state index >= 15 is 0 Å². The summed E-state index contributed by atoms with van der Waals surface area (Å²) in [4.78, 5) is 11.4. The van der Waals surface area contributed by atoms with Crippen LogP contribution in [0.15, 0.2) is 29.1 Å². The molecule has 1 aromatic heterocycles. The molecule has 0 saturated carbocycles. The van der Waals surface area contributed by atoms with Crippen molar-refractivity contribution in [3.63, 3.8) is 0 Å². The zero-order chi connectivity index (χ0) is 12.6. The van der Waals surface area contributed by atoms with Gasteiger partial charge < -0.3 is 5.73 Å². The highest BCUT2D eigenvalue weighted by molar-refractivity contribution is 5.44. The van der Waals surface area contributed by atoms with E-state index in [9.17, 15) is 4.79 Å². The Labute approximate surface area is 99.7 Å². The maximum absolute atomic E-state index is 11.4. The van der Waals surface area contributed by atoms with Crippen molar-refractivity contribution in [2.75, 3.05) is 5.73 Å². The standard InChI is InChI=1S/C13H15N3O/c1-8-4-5-11(9(2)6-8)16-10(3)7-12(17)13(14)15-16/h4-7H,1-3H3,(H2,14,15). The molecule has 1 heterocycles. The number of rotatable bonds is 1. The van der Waals surface area contributed by atoms with Crippen LogP contribution in [0.2, 0.25) is 0 Å². The normalized spacial score (nSPS) is 10.5. The van der Waals surface area contributed by atoms with Crippen molar-refractivity contribution in [1.82, 2.24) is 9.78 Å². The van der Waals surface area contributed by atoms with Crippen LogP contribution in [0.25, 0.3) is 5.69 Å². The Bertz CT molecular complexity index is 629. The molecule has 2 N–H and O–H groups in total. The molecule has 0 aliphatic carbocycles. The Morgan fingerprint density at radius 1 is 1.18 bits per heavy atom. The first-order valence-electron chi connectivity index (χ1n) is 5.43. The van der Waals surface area contributed by atoms with Crippen molar-refractivity contribution in [3.05, 3.63) is 51.3 Å². The minimum atomic E-state index is -0.233. The summed E-state index contributed by atoms with van der Waals surface area (Å²) in [6, 6.07) is 7.57. The SMILES string of the molecule is Cc1ccc(-n2nc(N)c(=O)cc2C)c(C)c1. The topological polar surface area (TPSA) is 60.9 Å². The van der Waals surface area contributed by atoms with E-state index in [0.717, 1.165) is 16.9 Å². The van der Waals surface area contributed by atoms with E-state index in [2.05, 4.69) is 11.2 Å². The molecule has 0 saturated heterocycles. The van der Waals surface area contributed by atoms with Gasteiger partial charge in [-0.3, -0.25) is 4.79 Å². The molecule has 0 aliphatic heterocycles. The molecule has 0 bridgehead atoms. The summed E-state index contributed by atoms with van der Waals surface area (Å²) >= 11 is 0. The third-order valence-electron chi connectivity index (χ3n) is 2.71. The highest BCUT2D eigenvalue weighted by Gasteiger charge is 2.07. The van der Waals surface area contributed by atoms with Gasteiger partial charge in [0.1, 0.15) is 0 Å². The van der Waals surface area contributed by atoms with E-state index in [1.165, 1.54) is 11.6 Å². The molecule has 0 atom stereocenters. The van der Waals surface area contributed by atoms with Gasteiger partial charge >= 0.3 is 0 Å². The molecule has 1 aromatic carbocycles. The lowest BCUT2D eigenvalue weighted by molar-refractivity contribution is 0.802. The Balaban J connectivity index is 2.68. The molecule has 17 heavy (non-hydrogen) atoms. The summed E-state index contributed by atoms with van der Waals surface area (Å²) in [7, 11) is 0. The average molecular weight is 229 g/mol. The van der Waals surface area contributed by atoms with Crippen molar-refractivity contribution < 1.29 is 0 Å². The first kappa shape index (κ1) is 11.4. The van der Waals surface area contributed by atoms with Gasteiger partial charge in [-0.25, -0.2) is 4.68 Å². The molecule has 4 heteroatoms. The Morgan fingerprint density at radius 2 is 1.88 bits per heavy atom. The van der Waals surface area contributed by atoms with Crippen LogP contribution in [0, 0.1) is 20.8 Å². The first-order valence-corrected chi connectivity index (χ1v) is 5.43. The summed E-state index contributed by atoms with van der Waals surface area (Å²) in [6.45, 7) is 5.89. The van der Waals surface area contributed by atoms with Crippen LogP contribution in [-0.2, 0) is 0 Å². The number of nitrogens with two attached hydrogens (primary N) is 1. The predicted molar refractivity (Wildman–Crippen MR) is 68.5 cm³/mol. The molecule has 4 nitrogen and oxygen atoms in total. The van der Waals surface area contributed by atoms with Crippen LogP contribution >= 0.6 is 0 Å². The van der Waals surface area contributed by atoms with Crippen molar-refractivity contribution in [3.8, 4) is 5.69 Å². The van der Waals surface area contributed by atoms with E-state index in [4.69, 9.17) is 5.73 Å². The summed E-state index contributed by atoms with van der Waals surface area (Å²) in [6.07, 6.45) is 0. The molecule has 0 radical (unpaired) electrons. The number of aromatic nitrogens is 2. The maximum atomic E-state index is 11.4. The summed E-state index contributed by atoms with van der Waals surface area (Å²) < 4.78 is 1.70. The van der Waals surface area contributed by atoms with E-state index < -0.39 is 0 Å². The average Bonchev–Trinajstić information content (AvgIpc) is 2.24. The second-order valence-electron chi connectivity index (χ2n) is 4.24. The zero-order valence-corrected chi connectivity index (χ0v) is 10.2. The summed E-state index contributed by atoms with van der Waals surface area (Å²) in [5.74, 6) is 0.0237. The first-order chi connectivity index (χ1) is 7.99. The van der Waals surface area contributed by atoms with Crippen LogP contribution in [0.1, 0.15) is 16.8 Å². The molecule has 0 aliphatic rings. The lowest BCUT2D eigenvalue weighted by Gasteiger charge is -2.12. The van der Waals surface area contributed by atoms with Crippen LogP contribution < -0.4 is 11.2 Å². The van der Waals surface area contributed by atoms with Gasteiger partial charge in [0.25, 0.3) is 0 Å². The summed E-state index contributed by atoms with van der Waals surface area (Å²) in [5.41, 5.74) is 9.34. The second-order valence-corrected chi connectivity index (χ2v) is 4.24. The van der Waals surface area contributed by atoms with Gasteiger partial charge in [0.15, 0.2) is 5.82 Å². The number of anilines is 1. The lowest BCUT2D eigenvalue weighted by atomic mass is 10.1. The fourth-order valence-electron chi connectivity index (χ4n) is 1.85. The molecular weight excluding hydrogens is 214 g/mol. The molecule has 2 aromatic rings. The van der Waals surface area contributed by atoms with Crippen LogP contribution in [-0.4, -0.2) is 9.78 Å². The molecule has 0 unspecified atom stereocenters. The van der Waals surface area contributed by atoms with Gasteiger partial charge in [0.2, 0.25) is 5.43 Å². The fraction of sp³-hybridized carbons (Fsp3) is 0.231. The van der Waals surface area contributed by atoms with Crippen LogP contribution in [0.4, 0.5) is 5.82 Å². The number of benzene rings is 1. The van der Waals surface area contributed by atoms with Gasteiger partial charge in [0, 0.05) is 11.8 Å². The Kier molecular flexibility index (Phi) is 2.71. The van der Waals surface area contributed by atoms with Gasteiger partial charge in [-0.15, -0.1) is 5.10 Å². The second kappa shape index (κ2) is 4.05. The highest BCUT2D eigenvalue weighted by atomic mass is 16.1. The van der Waals surface area contributed by atoms with E-state index in [1.54, 1.807) is 4.68 Å². The Morgan fingerprint density at radius 3 is 2.53 bits per heavy atom. The van der Waals surface area contributed by atoms with Crippen molar-refractivity contribution in [1.29, 1.82) is 0 Å². The van der Waals surface area contributed by atoms with Crippen LogP contribution in [0.5, 0.6) is 0 Å². The zero-order valence-electron chi connectivity index (χ0n) is 10.2. The largest absolute Gasteiger partial charge is 0.379 e. The molecule has 0 fully saturated rings. The number of hydrogen-bond donors (Lipinski definition) is 1. The number of hydrogen-bond acceptors (Lipinski definition) is 3. The Hall–Kier alpha value is -2.10. The monoisotopic (exact) mass is 229 g/mol. The third-order valence-corrected chi connectivity index (χ3v) is 2.71. The number of nitrogen functional groups attached to an aromatic ring is 1. The van der Waals surface area contributed by atoms with Gasteiger partial charge in [-0.1, -0.05) is 17.7 Å². The van der Waals surface area contributed by atoms with Gasteiger partial charge in [-0.2, -0.15) is 0 Å². The van der Waals surface area contributed by atoms with Crippen molar-refractivity contribution >= 4 is 5.82 Å². The molecule has 0 spiro atoms. The maximum Gasteiger partial charge on any atom is 0.224 e. The molecule has 0 amide bonds. The smallest absolute Gasteiger partial charge is 0.224 e. The van der Waals surface area contributed by atoms with E-state index in [0.29, 0.717) is 0 Å². The summed E-state index contributed by atoms with van der Waals surface area (Å²) in [5, 5.41) is 4.11. The van der Waals surface area contributed by atoms with Crippen molar-refractivity contribution in [2.24, 2.45) is 0 Å². The quantitative estimate of drug-likeness (QED) is 0.810. The number of nitrogens with zero attached hydrogens (tertiary/aromatic N) is 2. The van der Waals surface area contributed by atoms with E-state index in [-0.39, 0.29) is 11.2 Å². The van der Waals surface area contributed by atoms with Gasteiger partial charge in [0.05, 0.1) is 5.69 Å². The number of aryl methyl sites for hydroxylation is 3. The van der Waals surface area contributed by atoms with Gasteiger partial charge in [-0.05, 0) is 32.4 Å². The molecular formula is C13H15N3O. The third kappa shape index (κ3) is 2.06. The molecule has 2 rings (SSSR count). The minimum absolute atomic E-state index is 0.0237. The predicted octanol–water partition coefficient (Wildman–Crippen LogP) is 1.74.